The molecule has 1 aromatic heterocycles. The first-order chi connectivity index (χ1) is 11.0. The number of hydrogen-bond acceptors (Lipinski definition) is 4. The summed E-state index contributed by atoms with van der Waals surface area (Å²) in [5.74, 6) is 0. The maximum atomic E-state index is 11.4. The normalized spacial score (nSPS) is 20.0. The molecule has 2 aromatic rings. The van der Waals surface area contributed by atoms with Crippen LogP contribution in [-0.4, -0.2) is 43.7 Å². The van der Waals surface area contributed by atoms with Crippen LogP contribution in [0.15, 0.2) is 36.5 Å². The van der Waals surface area contributed by atoms with Gasteiger partial charge >= 0.3 is 0 Å². The van der Waals surface area contributed by atoms with Crippen LogP contribution < -0.4 is 4.72 Å². The maximum absolute atomic E-state index is 11.4. The predicted octanol–water partition coefficient (Wildman–Crippen LogP) is 2.14. The van der Waals surface area contributed by atoms with E-state index in [1.807, 2.05) is 12.3 Å². The van der Waals surface area contributed by atoms with Crippen molar-refractivity contribution in [2.75, 3.05) is 19.3 Å². The summed E-state index contributed by atoms with van der Waals surface area (Å²) >= 11 is 0. The highest BCUT2D eigenvalue weighted by Crippen LogP contribution is 2.23. The number of pyridine rings is 1. The van der Waals surface area contributed by atoms with E-state index in [9.17, 15) is 8.42 Å². The lowest BCUT2D eigenvalue weighted by molar-refractivity contribution is 0.142. The Morgan fingerprint density at radius 3 is 2.91 bits per heavy atom. The van der Waals surface area contributed by atoms with Crippen molar-refractivity contribution in [2.45, 2.75) is 31.8 Å². The van der Waals surface area contributed by atoms with Gasteiger partial charge in [0.15, 0.2) is 0 Å². The molecule has 0 spiro atoms. The predicted molar refractivity (Wildman–Crippen MR) is 92.6 cm³/mol. The van der Waals surface area contributed by atoms with E-state index in [1.165, 1.54) is 11.8 Å². The van der Waals surface area contributed by atoms with Crippen molar-refractivity contribution in [3.8, 4) is 0 Å². The van der Waals surface area contributed by atoms with Crippen LogP contribution in [0.1, 0.15) is 24.8 Å². The number of fused-ring (bicyclic) bond motifs is 1. The zero-order valence-corrected chi connectivity index (χ0v) is 14.2. The molecule has 1 aliphatic rings. The average molecular weight is 333 g/mol. The van der Waals surface area contributed by atoms with Crippen molar-refractivity contribution in [1.29, 1.82) is 0 Å². The fourth-order valence-electron chi connectivity index (χ4n) is 3.26. The van der Waals surface area contributed by atoms with Gasteiger partial charge in [-0.3, -0.25) is 9.88 Å². The number of rotatable bonds is 5. The van der Waals surface area contributed by atoms with E-state index in [0.717, 1.165) is 43.3 Å². The summed E-state index contributed by atoms with van der Waals surface area (Å²) in [4.78, 5) is 6.90. The van der Waals surface area contributed by atoms with E-state index in [0.29, 0.717) is 6.54 Å². The van der Waals surface area contributed by atoms with Crippen LogP contribution in [0.4, 0.5) is 0 Å². The highest BCUT2D eigenvalue weighted by atomic mass is 32.2. The molecule has 0 bridgehead atoms. The number of sulfonamides is 1. The number of benzene rings is 1. The molecular formula is C17H23N3O2S. The van der Waals surface area contributed by atoms with Crippen molar-refractivity contribution >= 4 is 20.9 Å². The Labute approximate surface area is 137 Å². The van der Waals surface area contributed by atoms with Gasteiger partial charge in [-0.05, 0) is 31.0 Å². The van der Waals surface area contributed by atoms with Crippen molar-refractivity contribution in [3.63, 3.8) is 0 Å². The van der Waals surface area contributed by atoms with Gasteiger partial charge in [0.05, 0.1) is 11.8 Å². The first kappa shape index (κ1) is 16.4. The van der Waals surface area contributed by atoms with Gasteiger partial charge in [0.1, 0.15) is 0 Å². The van der Waals surface area contributed by atoms with Gasteiger partial charge < -0.3 is 0 Å². The van der Waals surface area contributed by atoms with E-state index in [1.54, 1.807) is 0 Å². The molecule has 6 heteroatoms. The molecule has 0 amide bonds. The van der Waals surface area contributed by atoms with Crippen LogP contribution in [0.25, 0.3) is 10.9 Å². The molecule has 1 aliphatic heterocycles. The van der Waals surface area contributed by atoms with Crippen LogP contribution in [0, 0.1) is 0 Å². The third kappa shape index (κ3) is 4.28. The molecule has 0 aliphatic carbocycles. The lowest BCUT2D eigenvalue weighted by atomic mass is 10.0. The highest BCUT2D eigenvalue weighted by molar-refractivity contribution is 7.88. The van der Waals surface area contributed by atoms with Gasteiger partial charge in [0.2, 0.25) is 10.0 Å². The molecule has 1 atom stereocenters. The minimum absolute atomic E-state index is 0.248. The number of hydrogen-bond donors (Lipinski definition) is 1. The summed E-state index contributed by atoms with van der Waals surface area (Å²) in [6.07, 6.45) is 6.38. The van der Waals surface area contributed by atoms with E-state index < -0.39 is 10.0 Å². The molecule has 1 saturated heterocycles. The zero-order valence-electron chi connectivity index (χ0n) is 13.4. The summed E-state index contributed by atoms with van der Waals surface area (Å²) < 4.78 is 25.4. The molecular weight excluding hydrogens is 310 g/mol. The minimum atomic E-state index is -3.14. The number of nitrogens with zero attached hydrogens (tertiary/aromatic N) is 2. The number of nitrogens with one attached hydrogen (secondary N) is 1. The molecule has 1 aromatic carbocycles. The van der Waals surface area contributed by atoms with Crippen LogP contribution in [0.2, 0.25) is 0 Å². The Bertz CT molecular complexity index is 771. The van der Waals surface area contributed by atoms with E-state index in [-0.39, 0.29) is 6.04 Å². The van der Waals surface area contributed by atoms with Crippen LogP contribution in [-0.2, 0) is 16.6 Å². The Hall–Kier alpha value is -1.50. The third-order valence-corrected chi connectivity index (χ3v) is 5.11. The first-order valence-electron chi connectivity index (χ1n) is 8.04. The molecule has 0 saturated carbocycles. The summed E-state index contributed by atoms with van der Waals surface area (Å²) in [6, 6.07) is 10.5. The minimum Gasteiger partial charge on any atom is -0.295 e. The Morgan fingerprint density at radius 2 is 2.09 bits per heavy atom. The third-order valence-electron chi connectivity index (χ3n) is 4.42. The number of para-hydroxylation sites is 1. The summed E-state index contributed by atoms with van der Waals surface area (Å²) in [7, 11) is -3.14. The molecule has 124 valence electrons. The van der Waals surface area contributed by atoms with Crippen molar-refractivity contribution in [3.05, 3.63) is 42.1 Å². The zero-order chi connectivity index (χ0) is 16.3. The lowest BCUT2D eigenvalue weighted by Crippen LogP contribution is -2.46. The highest BCUT2D eigenvalue weighted by Gasteiger charge is 2.23. The Kier molecular flexibility index (Phi) is 4.94. The SMILES string of the molecule is CS(=O)(=O)NC[C@@H]1CCCCN1Cc1cccc2cccnc12. The van der Waals surface area contributed by atoms with Crippen molar-refractivity contribution < 1.29 is 8.42 Å². The average Bonchev–Trinajstić information content (AvgIpc) is 2.54. The van der Waals surface area contributed by atoms with Crippen molar-refractivity contribution in [1.82, 2.24) is 14.6 Å². The number of piperidine rings is 1. The van der Waals surface area contributed by atoms with Gasteiger partial charge in [-0.15, -0.1) is 0 Å². The fraction of sp³-hybridized carbons (Fsp3) is 0.471. The van der Waals surface area contributed by atoms with Gasteiger partial charge in [-0.2, -0.15) is 0 Å². The summed E-state index contributed by atoms with van der Waals surface area (Å²) in [5.41, 5.74) is 2.24. The van der Waals surface area contributed by atoms with Gasteiger partial charge in [-0.1, -0.05) is 30.7 Å². The lowest BCUT2D eigenvalue weighted by Gasteiger charge is -2.35. The fourth-order valence-corrected chi connectivity index (χ4v) is 3.76. The molecule has 0 unspecified atom stereocenters. The largest absolute Gasteiger partial charge is 0.295 e. The van der Waals surface area contributed by atoms with Crippen LogP contribution in [0.3, 0.4) is 0 Å². The molecule has 0 radical (unpaired) electrons. The smallest absolute Gasteiger partial charge is 0.208 e. The van der Waals surface area contributed by atoms with Gasteiger partial charge in [0, 0.05) is 30.7 Å². The second kappa shape index (κ2) is 6.95. The Morgan fingerprint density at radius 1 is 1.26 bits per heavy atom. The monoisotopic (exact) mass is 333 g/mol. The number of likely N-dealkylation sites (tertiary alicyclic amines) is 1. The van der Waals surface area contributed by atoms with E-state index in [4.69, 9.17) is 0 Å². The number of aromatic nitrogens is 1. The van der Waals surface area contributed by atoms with E-state index in [2.05, 4.69) is 38.9 Å². The molecule has 5 nitrogen and oxygen atoms in total. The van der Waals surface area contributed by atoms with Gasteiger partial charge in [0.25, 0.3) is 0 Å². The van der Waals surface area contributed by atoms with Crippen molar-refractivity contribution in [2.24, 2.45) is 0 Å². The standard InChI is InChI=1S/C17H23N3O2S/c1-23(21,22)19-12-16-9-2-3-11-20(16)13-15-7-4-6-14-8-5-10-18-17(14)15/h4-8,10,16,19H,2-3,9,11-13H2,1H3/t16-/m0/s1. The topological polar surface area (TPSA) is 62.3 Å². The molecule has 23 heavy (non-hydrogen) atoms. The van der Waals surface area contributed by atoms with E-state index >= 15 is 0 Å². The van der Waals surface area contributed by atoms with Crippen LogP contribution >= 0.6 is 0 Å². The van der Waals surface area contributed by atoms with Gasteiger partial charge in [-0.25, -0.2) is 13.1 Å². The quantitative estimate of drug-likeness (QED) is 0.910. The molecule has 1 fully saturated rings. The van der Waals surface area contributed by atoms with Crippen LogP contribution in [0.5, 0.6) is 0 Å². The summed E-state index contributed by atoms with van der Waals surface area (Å²) in [5, 5.41) is 1.15. The molecule has 3 rings (SSSR count). The molecule has 2 heterocycles. The second-order valence-electron chi connectivity index (χ2n) is 6.23. The first-order valence-corrected chi connectivity index (χ1v) is 9.93. The Balaban J connectivity index is 1.78. The second-order valence-corrected chi connectivity index (χ2v) is 8.07. The maximum Gasteiger partial charge on any atom is 0.208 e. The summed E-state index contributed by atoms with van der Waals surface area (Å²) in [6.45, 7) is 2.29. The molecule has 1 N–H and O–H groups in total.